The molecule has 0 amide bonds. The fourth-order valence-electron chi connectivity index (χ4n) is 3.48. The molecule has 2 N–H and O–H groups in total. The summed E-state index contributed by atoms with van der Waals surface area (Å²) in [6, 6.07) is 4.28. The minimum Gasteiger partial charge on any atom is -0.357 e. The van der Waals surface area contributed by atoms with E-state index in [0.29, 0.717) is 17.6 Å². The Morgan fingerprint density at radius 3 is 2.54 bits per heavy atom. The lowest BCUT2D eigenvalue weighted by molar-refractivity contribution is 0.0174. The summed E-state index contributed by atoms with van der Waals surface area (Å²) in [4.78, 5) is 9.72. The van der Waals surface area contributed by atoms with Crippen LogP contribution >= 0.6 is 24.0 Å². The van der Waals surface area contributed by atoms with E-state index in [1.54, 1.807) is 6.07 Å². The first kappa shape index (κ1) is 21.3. The van der Waals surface area contributed by atoms with E-state index in [0.717, 1.165) is 51.9 Å². The molecular weight excluding hydrogens is 451 g/mol. The Morgan fingerprint density at radius 1 is 1.23 bits per heavy atom. The second kappa shape index (κ2) is 9.80. The van der Waals surface area contributed by atoms with Crippen LogP contribution < -0.4 is 10.6 Å². The molecule has 1 aromatic rings. The smallest absolute Gasteiger partial charge is 0.191 e. The predicted molar refractivity (Wildman–Crippen MR) is 111 cm³/mol. The molecule has 3 aliphatic rings. The molecule has 4 rings (SSSR count). The van der Waals surface area contributed by atoms with Crippen LogP contribution in [0.2, 0.25) is 0 Å². The fourth-order valence-corrected chi connectivity index (χ4v) is 3.48. The van der Waals surface area contributed by atoms with Crippen LogP contribution in [0.3, 0.4) is 0 Å². The van der Waals surface area contributed by atoms with Gasteiger partial charge in [0.15, 0.2) is 17.6 Å². The van der Waals surface area contributed by atoms with E-state index in [1.165, 1.54) is 6.07 Å². The maximum atomic E-state index is 13.4. The molecule has 3 heterocycles. The first-order valence-electron chi connectivity index (χ1n) is 9.03. The fraction of sp³-hybridized carbons (Fsp3) is 0.611. The molecule has 146 valence electrons. The van der Waals surface area contributed by atoms with Crippen LogP contribution in [-0.4, -0.2) is 67.6 Å². The van der Waals surface area contributed by atoms with Gasteiger partial charge in [-0.3, -0.25) is 14.8 Å². The van der Waals surface area contributed by atoms with Crippen molar-refractivity contribution in [2.75, 3.05) is 45.8 Å². The third kappa shape index (κ3) is 5.26. The number of fused-ring (bicyclic) bond motifs is 3. The Morgan fingerprint density at radius 2 is 1.96 bits per heavy atom. The number of nitrogens with zero attached hydrogens (tertiary/aromatic N) is 3. The Hall–Kier alpha value is -1.00. The van der Waals surface area contributed by atoms with Crippen molar-refractivity contribution in [3.63, 3.8) is 0 Å². The zero-order chi connectivity index (χ0) is 17.8. The van der Waals surface area contributed by atoms with Crippen molar-refractivity contribution in [1.29, 1.82) is 0 Å². The Bertz CT molecular complexity index is 620. The molecule has 8 heteroatoms. The SMILES string of the molecule is CCNC(=NCC1CN2CCN1CC2)NC(C)c1ccc(F)c(F)c1.I. The highest BCUT2D eigenvalue weighted by Crippen LogP contribution is 2.17. The van der Waals surface area contributed by atoms with Crippen LogP contribution in [0.4, 0.5) is 8.78 Å². The molecule has 0 radical (unpaired) electrons. The minimum absolute atomic E-state index is 0. The lowest BCUT2D eigenvalue weighted by Crippen LogP contribution is -2.62. The quantitative estimate of drug-likeness (QED) is 0.386. The van der Waals surface area contributed by atoms with E-state index in [-0.39, 0.29) is 30.0 Å². The molecule has 3 aliphatic heterocycles. The maximum Gasteiger partial charge on any atom is 0.191 e. The van der Waals surface area contributed by atoms with Gasteiger partial charge >= 0.3 is 0 Å². The van der Waals surface area contributed by atoms with Gasteiger partial charge in [-0.1, -0.05) is 6.07 Å². The van der Waals surface area contributed by atoms with Crippen LogP contribution in [-0.2, 0) is 0 Å². The standard InChI is InChI=1S/C18H27F2N5.HI/c1-3-21-18(22-11-15-12-24-6-8-25(15)9-7-24)23-13(2)14-4-5-16(19)17(20)10-14;/h4-5,10,13,15H,3,6-9,11-12H2,1-2H3,(H2,21,22,23);1H. The van der Waals surface area contributed by atoms with Gasteiger partial charge in [0.1, 0.15) is 0 Å². The number of piperazine rings is 3. The third-order valence-electron chi connectivity index (χ3n) is 4.99. The second-order valence-electron chi connectivity index (χ2n) is 6.75. The Balaban J connectivity index is 0.00000243. The number of rotatable bonds is 5. The number of hydrogen-bond donors (Lipinski definition) is 2. The molecule has 2 atom stereocenters. The highest BCUT2D eigenvalue weighted by Gasteiger charge is 2.31. The summed E-state index contributed by atoms with van der Waals surface area (Å²) in [5.74, 6) is -0.946. The van der Waals surface area contributed by atoms with Crippen LogP contribution in [0.15, 0.2) is 23.2 Å². The normalized spacial score (nSPS) is 26.2. The van der Waals surface area contributed by atoms with Crippen molar-refractivity contribution in [2.24, 2.45) is 4.99 Å². The van der Waals surface area contributed by atoms with E-state index in [9.17, 15) is 8.78 Å². The van der Waals surface area contributed by atoms with E-state index in [2.05, 4.69) is 20.4 Å². The van der Waals surface area contributed by atoms with Gasteiger partial charge < -0.3 is 10.6 Å². The maximum absolute atomic E-state index is 13.4. The number of halogens is 3. The first-order chi connectivity index (χ1) is 12.1. The van der Waals surface area contributed by atoms with Crippen molar-refractivity contribution < 1.29 is 8.78 Å². The van der Waals surface area contributed by atoms with Gasteiger partial charge in [0.2, 0.25) is 0 Å². The Kier molecular flexibility index (Phi) is 8.03. The summed E-state index contributed by atoms with van der Waals surface area (Å²) < 4.78 is 26.5. The van der Waals surface area contributed by atoms with Crippen molar-refractivity contribution in [3.05, 3.63) is 35.4 Å². The van der Waals surface area contributed by atoms with E-state index >= 15 is 0 Å². The van der Waals surface area contributed by atoms with Crippen molar-refractivity contribution in [3.8, 4) is 0 Å². The third-order valence-corrected chi connectivity index (χ3v) is 4.99. The number of hydrogen-bond acceptors (Lipinski definition) is 3. The lowest BCUT2D eigenvalue weighted by atomic mass is 10.1. The van der Waals surface area contributed by atoms with E-state index < -0.39 is 11.6 Å². The largest absolute Gasteiger partial charge is 0.357 e. The molecule has 0 spiro atoms. The lowest BCUT2D eigenvalue weighted by Gasteiger charge is -2.47. The number of nitrogens with one attached hydrogen (secondary N) is 2. The Labute approximate surface area is 171 Å². The van der Waals surface area contributed by atoms with E-state index in [1.807, 2.05) is 13.8 Å². The summed E-state index contributed by atoms with van der Waals surface area (Å²) >= 11 is 0. The number of aliphatic imine (C=N–C) groups is 1. The molecule has 0 aromatic heterocycles. The average Bonchev–Trinajstić information content (AvgIpc) is 2.63. The van der Waals surface area contributed by atoms with Crippen molar-refractivity contribution in [1.82, 2.24) is 20.4 Å². The van der Waals surface area contributed by atoms with Crippen molar-refractivity contribution in [2.45, 2.75) is 25.9 Å². The second-order valence-corrected chi connectivity index (χ2v) is 6.75. The van der Waals surface area contributed by atoms with Crippen molar-refractivity contribution >= 4 is 29.9 Å². The molecule has 1 aromatic carbocycles. The highest BCUT2D eigenvalue weighted by molar-refractivity contribution is 14.0. The summed E-state index contributed by atoms with van der Waals surface area (Å²) in [5, 5.41) is 6.51. The molecule has 3 saturated heterocycles. The summed E-state index contributed by atoms with van der Waals surface area (Å²) in [6.45, 7) is 11.0. The first-order valence-corrected chi connectivity index (χ1v) is 9.03. The number of benzene rings is 1. The zero-order valence-corrected chi connectivity index (χ0v) is 17.7. The molecular formula is C18H28F2IN5. The zero-order valence-electron chi connectivity index (χ0n) is 15.3. The van der Waals surface area contributed by atoms with Crippen LogP contribution in [0.25, 0.3) is 0 Å². The van der Waals surface area contributed by atoms with Gasteiger partial charge in [0.25, 0.3) is 0 Å². The van der Waals surface area contributed by atoms with Gasteiger partial charge in [-0.25, -0.2) is 8.78 Å². The van der Waals surface area contributed by atoms with Gasteiger partial charge in [0.05, 0.1) is 12.6 Å². The summed E-state index contributed by atoms with van der Waals surface area (Å²) in [5.41, 5.74) is 0.691. The average molecular weight is 479 g/mol. The molecule has 26 heavy (non-hydrogen) atoms. The number of guanidine groups is 1. The van der Waals surface area contributed by atoms with E-state index in [4.69, 9.17) is 4.99 Å². The minimum atomic E-state index is -0.826. The molecule has 0 aliphatic carbocycles. The molecule has 2 bridgehead atoms. The molecule has 3 fully saturated rings. The monoisotopic (exact) mass is 479 g/mol. The van der Waals surface area contributed by atoms with Crippen LogP contribution in [0.1, 0.15) is 25.5 Å². The van der Waals surface area contributed by atoms with Gasteiger partial charge in [-0.05, 0) is 31.5 Å². The predicted octanol–water partition coefficient (Wildman–Crippen LogP) is 2.20. The molecule has 2 unspecified atom stereocenters. The van der Waals surface area contributed by atoms with Crippen LogP contribution in [0.5, 0.6) is 0 Å². The highest BCUT2D eigenvalue weighted by atomic mass is 127. The molecule has 0 saturated carbocycles. The molecule has 5 nitrogen and oxygen atoms in total. The summed E-state index contributed by atoms with van der Waals surface area (Å²) in [7, 11) is 0. The van der Waals surface area contributed by atoms with Gasteiger partial charge in [0, 0.05) is 45.3 Å². The van der Waals surface area contributed by atoms with Crippen LogP contribution in [0, 0.1) is 11.6 Å². The van der Waals surface area contributed by atoms with Gasteiger partial charge in [-0.15, -0.1) is 24.0 Å². The summed E-state index contributed by atoms with van der Waals surface area (Å²) in [6.07, 6.45) is 0. The topological polar surface area (TPSA) is 42.9 Å². The van der Waals surface area contributed by atoms with Gasteiger partial charge in [-0.2, -0.15) is 0 Å².